The lowest BCUT2D eigenvalue weighted by Crippen LogP contribution is -2.52. The highest BCUT2D eigenvalue weighted by molar-refractivity contribution is 6.02. The summed E-state index contributed by atoms with van der Waals surface area (Å²) in [5, 5.41) is 6.87. The molecule has 3 nitrogen and oxygen atoms in total. The minimum atomic E-state index is -0.558. The summed E-state index contributed by atoms with van der Waals surface area (Å²) in [6, 6.07) is 19.1. The first-order valence-corrected chi connectivity index (χ1v) is 9.38. The maximum Gasteiger partial charge on any atom is 0.251 e. The third-order valence-corrected chi connectivity index (χ3v) is 6.93. The summed E-state index contributed by atoms with van der Waals surface area (Å²) in [7, 11) is 0. The van der Waals surface area contributed by atoms with Crippen LogP contribution in [-0.2, 0) is 16.6 Å². The second kappa shape index (κ2) is 4.67. The van der Waals surface area contributed by atoms with E-state index in [1.165, 1.54) is 11.1 Å². The molecule has 6 rings (SSSR count). The number of carbonyl (C=O) groups is 1. The lowest BCUT2D eigenvalue weighted by atomic mass is 9.63. The van der Waals surface area contributed by atoms with Crippen LogP contribution in [0.15, 0.2) is 78.5 Å². The van der Waals surface area contributed by atoms with Crippen molar-refractivity contribution >= 4 is 11.6 Å². The van der Waals surface area contributed by atoms with E-state index in [-0.39, 0.29) is 11.3 Å². The Morgan fingerprint density at radius 1 is 1.04 bits per heavy atom. The molecule has 0 radical (unpaired) electrons. The number of hydrogen-bond donors (Lipinski definition) is 2. The Labute approximate surface area is 152 Å². The van der Waals surface area contributed by atoms with Crippen molar-refractivity contribution in [2.75, 3.05) is 5.32 Å². The van der Waals surface area contributed by atoms with Crippen molar-refractivity contribution in [3.8, 4) is 0 Å². The van der Waals surface area contributed by atoms with Gasteiger partial charge in [-0.1, -0.05) is 60.7 Å². The van der Waals surface area contributed by atoms with Crippen LogP contribution >= 0.6 is 0 Å². The van der Waals surface area contributed by atoms with E-state index in [1.807, 2.05) is 0 Å². The number of benzene rings is 2. The average Bonchev–Trinajstić information content (AvgIpc) is 3.20. The van der Waals surface area contributed by atoms with E-state index in [9.17, 15) is 4.79 Å². The zero-order chi connectivity index (χ0) is 17.4. The van der Waals surface area contributed by atoms with Crippen molar-refractivity contribution in [2.24, 2.45) is 11.8 Å². The number of anilines is 1. The van der Waals surface area contributed by atoms with Gasteiger partial charge < -0.3 is 10.6 Å². The molecule has 2 heterocycles. The maximum absolute atomic E-state index is 13.2. The summed E-state index contributed by atoms with van der Waals surface area (Å²) in [5.41, 5.74) is 3.97. The highest BCUT2D eigenvalue weighted by Crippen LogP contribution is 2.68. The van der Waals surface area contributed by atoms with E-state index < -0.39 is 5.54 Å². The second-order valence-corrected chi connectivity index (χ2v) is 7.98. The fourth-order valence-corrected chi connectivity index (χ4v) is 6.12. The Kier molecular flexibility index (Phi) is 2.58. The van der Waals surface area contributed by atoms with Gasteiger partial charge in [0.25, 0.3) is 5.91 Å². The second-order valence-electron chi connectivity index (χ2n) is 7.98. The summed E-state index contributed by atoms with van der Waals surface area (Å²) in [6.45, 7) is 0. The van der Waals surface area contributed by atoms with Crippen LogP contribution in [0, 0.1) is 11.8 Å². The zero-order valence-electron chi connectivity index (χ0n) is 14.4. The SMILES string of the molecule is O=C1NC2=CC=CC3C(Cc4ccccc4)CC14Nc1ccccc1C234. The fraction of sp³-hybridized carbons (Fsp3) is 0.261. The van der Waals surface area contributed by atoms with Gasteiger partial charge in [0.15, 0.2) is 0 Å². The molecule has 0 aromatic heterocycles. The van der Waals surface area contributed by atoms with E-state index >= 15 is 0 Å². The standard InChI is InChI=1S/C23H20N2O/c26-21-22-14-16(13-15-7-2-1-3-8-15)17-10-6-12-20(24-21)23(17,22)18-9-4-5-11-19(18)25-22/h1-12,16-17,25H,13-14H2,(H,24,26). The molecule has 4 atom stereocenters. The van der Waals surface area contributed by atoms with Gasteiger partial charge in [-0.3, -0.25) is 4.79 Å². The first-order valence-electron chi connectivity index (χ1n) is 9.38. The Bertz CT molecular complexity index is 992. The van der Waals surface area contributed by atoms with E-state index in [1.54, 1.807) is 0 Å². The Morgan fingerprint density at radius 3 is 2.73 bits per heavy atom. The number of hydrogen-bond acceptors (Lipinski definition) is 2. The number of allylic oxidation sites excluding steroid dienone is 3. The van der Waals surface area contributed by atoms with Crippen LogP contribution in [-0.4, -0.2) is 11.4 Å². The molecule has 1 spiro atoms. The van der Waals surface area contributed by atoms with E-state index in [4.69, 9.17) is 0 Å². The van der Waals surface area contributed by atoms with Gasteiger partial charge in [0.1, 0.15) is 5.54 Å². The zero-order valence-corrected chi connectivity index (χ0v) is 14.4. The number of amides is 1. The fourth-order valence-electron chi connectivity index (χ4n) is 6.12. The Balaban J connectivity index is 1.55. The monoisotopic (exact) mass is 340 g/mol. The van der Waals surface area contributed by atoms with Crippen LogP contribution in [0.4, 0.5) is 5.69 Å². The highest BCUT2D eigenvalue weighted by Gasteiger charge is 2.76. The van der Waals surface area contributed by atoms with Gasteiger partial charge in [-0.25, -0.2) is 0 Å². The van der Waals surface area contributed by atoms with E-state index in [0.717, 1.165) is 24.2 Å². The molecule has 26 heavy (non-hydrogen) atoms. The maximum atomic E-state index is 13.2. The number of para-hydroxylation sites is 1. The third-order valence-electron chi connectivity index (χ3n) is 6.93. The number of rotatable bonds is 2. The summed E-state index contributed by atoms with van der Waals surface area (Å²) in [5.74, 6) is 0.881. The normalized spacial score (nSPS) is 35.2. The Morgan fingerprint density at radius 2 is 1.85 bits per heavy atom. The third kappa shape index (κ3) is 1.45. The summed E-state index contributed by atoms with van der Waals surface area (Å²) >= 11 is 0. The molecule has 2 aliphatic heterocycles. The molecule has 1 saturated heterocycles. The minimum absolute atomic E-state index is 0.129. The van der Waals surface area contributed by atoms with Crippen molar-refractivity contribution < 1.29 is 4.79 Å². The Hall–Kier alpha value is -2.81. The van der Waals surface area contributed by atoms with E-state index in [0.29, 0.717) is 11.8 Å². The van der Waals surface area contributed by atoms with Gasteiger partial charge in [-0.15, -0.1) is 0 Å². The minimum Gasteiger partial charge on any atom is -0.370 e. The lowest BCUT2D eigenvalue weighted by molar-refractivity contribution is -0.123. The van der Waals surface area contributed by atoms with Crippen LogP contribution in [0.1, 0.15) is 17.5 Å². The van der Waals surface area contributed by atoms with Crippen LogP contribution < -0.4 is 10.6 Å². The number of nitrogens with one attached hydrogen (secondary N) is 2. The van der Waals surface area contributed by atoms with Gasteiger partial charge in [0.05, 0.1) is 5.41 Å². The van der Waals surface area contributed by atoms with Gasteiger partial charge in [-0.05, 0) is 47.9 Å². The molecule has 4 aliphatic rings. The molecule has 2 aromatic carbocycles. The molecule has 4 unspecified atom stereocenters. The van der Waals surface area contributed by atoms with Crippen LogP contribution in [0.3, 0.4) is 0 Å². The molecule has 2 aromatic rings. The molecule has 2 aliphatic carbocycles. The topological polar surface area (TPSA) is 41.1 Å². The molecule has 128 valence electrons. The van der Waals surface area contributed by atoms with Gasteiger partial charge >= 0.3 is 0 Å². The predicted octanol–water partition coefficient (Wildman–Crippen LogP) is 3.55. The number of carbonyl (C=O) groups excluding carboxylic acids is 1. The lowest BCUT2D eigenvalue weighted by Gasteiger charge is -2.38. The molecule has 1 saturated carbocycles. The highest BCUT2D eigenvalue weighted by atomic mass is 16.2. The van der Waals surface area contributed by atoms with Crippen molar-refractivity contribution in [1.29, 1.82) is 0 Å². The summed E-state index contributed by atoms with van der Waals surface area (Å²) < 4.78 is 0. The number of fused-ring (bicyclic) bond motifs is 1. The van der Waals surface area contributed by atoms with Crippen molar-refractivity contribution in [3.63, 3.8) is 0 Å². The summed E-state index contributed by atoms with van der Waals surface area (Å²) in [4.78, 5) is 13.2. The molecular formula is C23H20N2O. The van der Waals surface area contributed by atoms with Crippen LogP contribution in [0.2, 0.25) is 0 Å². The first kappa shape index (κ1) is 14.4. The van der Waals surface area contributed by atoms with Gasteiger partial charge in [0, 0.05) is 11.4 Å². The molecular weight excluding hydrogens is 320 g/mol. The van der Waals surface area contributed by atoms with Crippen molar-refractivity contribution in [1.82, 2.24) is 5.32 Å². The largest absolute Gasteiger partial charge is 0.370 e. The van der Waals surface area contributed by atoms with Crippen LogP contribution in [0.5, 0.6) is 0 Å². The summed E-state index contributed by atoms with van der Waals surface area (Å²) in [6.07, 6.45) is 8.43. The van der Waals surface area contributed by atoms with Crippen molar-refractivity contribution in [2.45, 2.75) is 23.8 Å². The molecule has 0 bridgehead atoms. The molecule has 3 heteroatoms. The van der Waals surface area contributed by atoms with E-state index in [2.05, 4.69) is 83.5 Å². The van der Waals surface area contributed by atoms with Gasteiger partial charge in [-0.2, -0.15) is 0 Å². The van der Waals surface area contributed by atoms with Crippen LogP contribution in [0.25, 0.3) is 0 Å². The molecule has 2 N–H and O–H groups in total. The van der Waals surface area contributed by atoms with Crippen molar-refractivity contribution in [3.05, 3.63) is 89.6 Å². The van der Waals surface area contributed by atoms with Gasteiger partial charge in [0.2, 0.25) is 0 Å². The smallest absolute Gasteiger partial charge is 0.251 e. The average molecular weight is 340 g/mol. The predicted molar refractivity (Wildman–Crippen MR) is 102 cm³/mol. The molecule has 2 fully saturated rings. The molecule has 1 amide bonds. The first-order chi connectivity index (χ1) is 12.8. The quantitative estimate of drug-likeness (QED) is 0.878.